The van der Waals surface area contributed by atoms with Crippen molar-refractivity contribution in [3.05, 3.63) is 24.3 Å². The fourth-order valence-corrected chi connectivity index (χ4v) is 1.34. The number of hydrogen-bond acceptors (Lipinski definition) is 3. The molecule has 19 heavy (non-hydrogen) atoms. The summed E-state index contributed by atoms with van der Waals surface area (Å²) in [5.41, 5.74) is 5.70. The Bertz CT molecular complexity index is 428. The zero-order valence-electron chi connectivity index (χ0n) is 12.2. The average Bonchev–Trinajstić information content (AvgIpc) is 2.37. The number of rotatable bonds is 6. The Morgan fingerprint density at radius 3 is 2.58 bits per heavy atom. The molecular weight excluding hydrogens is 240 g/mol. The maximum absolute atomic E-state index is 12.1. The van der Waals surface area contributed by atoms with Crippen LogP contribution in [-0.2, 0) is 4.79 Å². The van der Waals surface area contributed by atoms with Crippen LogP contribution in [0.5, 0.6) is 5.75 Å². The Labute approximate surface area is 115 Å². The Balaban J connectivity index is 2.80. The van der Waals surface area contributed by atoms with Crippen LogP contribution in [0.25, 0.3) is 0 Å². The normalized spacial score (nSPS) is 11.5. The van der Waals surface area contributed by atoms with E-state index in [0.717, 1.165) is 0 Å². The lowest BCUT2D eigenvalue weighted by molar-refractivity contribution is -0.123. The number of amides is 1. The molecule has 0 bridgehead atoms. The predicted molar refractivity (Wildman–Crippen MR) is 78.2 cm³/mol. The van der Waals surface area contributed by atoms with Crippen LogP contribution >= 0.6 is 0 Å². The van der Waals surface area contributed by atoms with Crippen molar-refractivity contribution in [2.45, 2.75) is 27.7 Å². The number of carbonyl (C=O) groups is 1. The van der Waals surface area contributed by atoms with E-state index in [4.69, 9.17) is 10.5 Å². The highest BCUT2D eigenvalue weighted by molar-refractivity contribution is 5.96. The van der Waals surface area contributed by atoms with E-state index < -0.39 is 5.41 Å². The van der Waals surface area contributed by atoms with E-state index in [1.54, 1.807) is 0 Å². The van der Waals surface area contributed by atoms with Crippen molar-refractivity contribution in [2.24, 2.45) is 17.1 Å². The van der Waals surface area contributed by atoms with Gasteiger partial charge in [0.25, 0.3) is 0 Å². The monoisotopic (exact) mass is 264 g/mol. The quantitative estimate of drug-likeness (QED) is 0.830. The summed E-state index contributed by atoms with van der Waals surface area (Å²) in [4.78, 5) is 12.1. The molecule has 1 amide bonds. The number of para-hydroxylation sites is 2. The number of anilines is 1. The van der Waals surface area contributed by atoms with Crippen LogP contribution in [0, 0.1) is 11.3 Å². The minimum atomic E-state index is -0.592. The SMILES string of the molecule is CC(C)COc1ccccc1NC(=O)C(C)(C)CN. The predicted octanol–water partition coefficient (Wildman–Crippen LogP) is 2.64. The van der Waals surface area contributed by atoms with Gasteiger partial charge in [-0.1, -0.05) is 26.0 Å². The van der Waals surface area contributed by atoms with Gasteiger partial charge in [-0.05, 0) is 31.9 Å². The molecule has 4 heteroatoms. The van der Waals surface area contributed by atoms with Crippen molar-refractivity contribution in [1.29, 1.82) is 0 Å². The fourth-order valence-electron chi connectivity index (χ4n) is 1.34. The topological polar surface area (TPSA) is 64.3 Å². The van der Waals surface area contributed by atoms with Gasteiger partial charge in [0.1, 0.15) is 5.75 Å². The molecule has 4 nitrogen and oxygen atoms in total. The Morgan fingerprint density at radius 2 is 2.00 bits per heavy atom. The lowest BCUT2D eigenvalue weighted by atomic mass is 9.92. The van der Waals surface area contributed by atoms with Crippen LogP contribution in [0.1, 0.15) is 27.7 Å². The summed E-state index contributed by atoms with van der Waals surface area (Å²) in [5.74, 6) is 1.03. The zero-order chi connectivity index (χ0) is 14.5. The van der Waals surface area contributed by atoms with E-state index in [9.17, 15) is 4.79 Å². The second kappa shape index (κ2) is 6.57. The third-order valence-corrected chi connectivity index (χ3v) is 2.83. The largest absolute Gasteiger partial charge is 0.491 e. The maximum atomic E-state index is 12.1. The molecule has 0 radical (unpaired) electrons. The van der Waals surface area contributed by atoms with Crippen molar-refractivity contribution in [1.82, 2.24) is 0 Å². The van der Waals surface area contributed by atoms with Gasteiger partial charge in [0.15, 0.2) is 0 Å². The standard InChI is InChI=1S/C15H24N2O2/c1-11(2)9-19-13-8-6-5-7-12(13)17-14(18)15(3,4)10-16/h5-8,11H,9-10,16H2,1-4H3,(H,17,18). The molecule has 0 aromatic heterocycles. The van der Waals surface area contributed by atoms with Crippen molar-refractivity contribution < 1.29 is 9.53 Å². The van der Waals surface area contributed by atoms with Crippen LogP contribution < -0.4 is 15.8 Å². The van der Waals surface area contributed by atoms with Crippen LogP contribution in [0.15, 0.2) is 24.3 Å². The van der Waals surface area contributed by atoms with Gasteiger partial charge in [0.2, 0.25) is 5.91 Å². The molecule has 0 saturated heterocycles. The minimum absolute atomic E-state index is 0.101. The van der Waals surface area contributed by atoms with Gasteiger partial charge in [-0.25, -0.2) is 0 Å². The molecule has 0 fully saturated rings. The number of nitrogens with one attached hydrogen (secondary N) is 1. The molecular formula is C15H24N2O2. The molecule has 0 heterocycles. The van der Waals surface area contributed by atoms with Crippen molar-refractivity contribution in [3.63, 3.8) is 0 Å². The molecule has 0 saturated carbocycles. The molecule has 1 aromatic carbocycles. The van der Waals surface area contributed by atoms with Crippen molar-refractivity contribution in [2.75, 3.05) is 18.5 Å². The smallest absolute Gasteiger partial charge is 0.231 e. The van der Waals surface area contributed by atoms with Crippen molar-refractivity contribution >= 4 is 11.6 Å². The lowest BCUT2D eigenvalue weighted by Gasteiger charge is -2.22. The molecule has 0 aliphatic heterocycles. The molecule has 0 spiro atoms. The fraction of sp³-hybridized carbons (Fsp3) is 0.533. The van der Waals surface area contributed by atoms with Crippen LogP contribution in [-0.4, -0.2) is 19.1 Å². The highest BCUT2D eigenvalue weighted by Crippen LogP contribution is 2.26. The number of hydrogen-bond donors (Lipinski definition) is 2. The summed E-state index contributed by atoms with van der Waals surface area (Å²) < 4.78 is 5.70. The van der Waals surface area contributed by atoms with E-state index in [-0.39, 0.29) is 5.91 Å². The van der Waals surface area contributed by atoms with Crippen LogP contribution in [0.3, 0.4) is 0 Å². The number of benzene rings is 1. The van der Waals surface area contributed by atoms with Gasteiger partial charge in [0.05, 0.1) is 17.7 Å². The molecule has 0 unspecified atom stereocenters. The molecule has 1 aromatic rings. The third-order valence-electron chi connectivity index (χ3n) is 2.83. The Kier molecular flexibility index (Phi) is 5.36. The Hall–Kier alpha value is -1.55. The van der Waals surface area contributed by atoms with E-state index in [1.807, 2.05) is 38.1 Å². The van der Waals surface area contributed by atoms with Gasteiger partial charge >= 0.3 is 0 Å². The second-order valence-electron chi connectivity index (χ2n) is 5.74. The van der Waals surface area contributed by atoms with Crippen molar-refractivity contribution in [3.8, 4) is 5.75 Å². The zero-order valence-corrected chi connectivity index (χ0v) is 12.2. The summed E-state index contributed by atoms with van der Waals surface area (Å²) in [6.45, 7) is 8.72. The first-order valence-corrected chi connectivity index (χ1v) is 6.60. The molecule has 0 aliphatic carbocycles. The highest BCUT2D eigenvalue weighted by atomic mass is 16.5. The van der Waals surface area contributed by atoms with Gasteiger partial charge in [-0.2, -0.15) is 0 Å². The first-order chi connectivity index (χ1) is 8.86. The summed E-state index contributed by atoms with van der Waals surface area (Å²) in [6.07, 6.45) is 0. The maximum Gasteiger partial charge on any atom is 0.231 e. The summed E-state index contributed by atoms with van der Waals surface area (Å²) in [7, 11) is 0. The lowest BCUT2D eigenvalue weighted by Crippen LogP contribution is -2.37. The molecule has 3 N–H and O–H groups in total. The third kappa shape index (κ3) is 4.56. The second-order valence-corrected chi connectivity index (χ2v) is 5.74. The number of carbonyl (C=O) groups excluding carboxylic acids is 1. The van der Waals surface area contributed by atoms with Crippen LogP contribution in [0.4, 0.5) is 5.69 Å². The van der Waals surface area contributed by atoms with E-state index in [1.165, 1.54) is 0 Å². The van der Waals surface area contributed by atoms with Gasteiger partial charge in [0, 0.05) is 6.54 Å². The first kappa shape index (κ1) is 15.5. The van der Waals surface area contributed by atoms with Gasteiger partial charge in [-0.15, -0.1) is 0 Å². The van der Waals surface area contributed by atoms with Crippen LogP contribution in [0.2, 0.25) is 0 Å². The van der Waals surface area contributed by atoms with Gasteiger partial charge in [-0.3, -0.25) is 4.79 Å². The average molecular weight is 264 g/mol. The number of ether oxygens (including phenoxy) is 1. The summed E-state index contributed by atoms with van der Waals surface area (Å²) >= 11 is 0. The molecule has 1 rings (SSSR count). The minimum Gasteiger partial charge on any atom is -0.491 e. The summed E-state index contributed by atoms with van der Waals surface area (Å²) in [6, 6.07) is 7.44. The molecule has 106 valence electrons. The van der Waals surface area contributed by atoms with E-state index in [0.29, 0.717) is 30.5 Å². The molecule has 0 atom stereocenters. The van der Waals surface area contributed by atoms with Gasteiger partial charge < -0.3 is 15.8 Å². The molecule has 0 aliphatic rings. The summed E-state index contributed by atoms with van der Waals surface area (Å²) in [5, 5.41) is 2.88. The Morgan fingerprint density at radius 1 is 1.37 bits per heavy atom. The first-order valence-electron chi connectivity index (χ1n) is 6.60. The van der Waals surface area contributed by atoms with E-state index >= 15 is 0 Å². The van der Waals surface area contributed by atoms with E-state index in [2.05, 4.69) is 19.2 Å². The number of nitrogens with two attached hydrogens (primary N) is 1. The highest BCUT2D eigenvalue weighted by Gasteiger charge is 2.26.